The molecule has 2 amide bonds. The molecule has 2 atom stereocenters. The first kappa shape index (κ1) is 68.9. The van der Waals surface area contributed by atoms with E-state index in [9.17, 15) is 10.5 Å². The van der Waals surface area contributed by atoms with Crippen molar-refractivity contribution < 1.29 is 9.59 Å². The van der Waals surface area contributed by atoms with Crippen LogP contribution in [0.5, 0.6) is 0 Å². The Labute approximate surface area is 533 Å². The van der Waals surface area contributed by atoms with Crippen LogP contribution in [0.15, 0.2) is 77.9 Å². The Morgan fingerprint density at radius 1 is 0.517 bits per heavy atom. The second-order valence-corrected chi connectivity index (χ2v) is 28.9. The van der Waals surface area contributed by atoms with E-state index in [-0.39, 0.29) is 17.7 Å². The van der Waals surface area contributed by atoms with E-state index in [2.05, 4.69) is 106 Å². The van der Waals surface area contributed by atoms with E-state index in [0.29, 0.717) is 41.3 Å². The fraction of sp³-hybridized carbons (Fsp3) is 0.579. The van der Waals surface area contributed by atoms with Crippen LogP contribution in [0.4, 0.5) is 0 Å². The molecule has 0 radical (unpaired) electrons. The number of rotatable bonds is 40. The third-order valence-corrected chi connectivity index (χ3v) is 20.5. The van der Waals surface area contributed by atoms with E-state index < -0.39 is 11.1 Å². The van der Waals surface area contributed by atoms with Gasteiger partial charge in [0.25, 0.3) is 11.8 Å². The number of hydrogen-bond donors (Lipinski definition) is 2. The monoisotopic (exact) mass is 1210 g/mol. The fourth-order valence-corrected chi connectivity index (χ4v) is 15.3. The molecule has 470 valence electrons. The highest BCUT2D eigenvalue weighted by Gasteiger charge is 2.50. The van der Waals surface area contributed by atoms with E-state index in [1.165, 1.54) is 103 Å². The molecule has 4 N–H and O–H groups in total. The van der Waals surface area contributed by atoms with Gasteiger partial charge in [0.1, 0.15) is 0 Å². The van der Waals surface area contributed by atoms with E-state index in [1.54, 1.807) is 22.7 Å². The number of amides is 2. The number of aryl methyl sites for hydroxylation is 1. The molecule has 0 fully saturated rings. The topological polar surface area (TPSA) is 145 Å². The maximum absolute atomic E-state index is 16.0. The van der Waals surface area contributed by atoms with Crippen molar-refractivity contribution in [3.05, 3.63) is 109 Å². The van der Waals surface area contributed by atoms with Gasteiger partial charge in [-0.1, -0.05) is 207 Å². The number of aromatic nitrogens is 1. The molecule has 9 nitrogen and oxygen atoms in total. The Bertz CT molecular complexity index is 3280. The van der Waals surface area contributed by atoms with Gasteiger partial charge in [-0.05, 0) is 131 Å². The molecule has 2 aliphatic heterocycles. The summed E-state index contributed by atoms with van der Waals surface area (Å²) in [7, 11) is 0. The normalized spacial score (nSPS) is 15.0. The van der Waals surface area contributed by atoms with E-state index >= 15 is 9.59 Å². The van der Waals surface area contributed by atoms with Gasteiger partial charge in [0.05, 0.1) is 55.6 Å². The first-order valence-electron chi connectivity index (χ1n) is 34.2. The molecule has 0 spiro atoms. The maximum atomic E-state index is 16.0. The molecule has 3 aromatic heterocycles. The third kappa shape index (κ3) is 18.5. The Morgan fingerprint density at radius 3 is 1.34 bits per heavy atom. The smallest absolute Gasteiger partial charge is 0.261 e. The molecule has 11 heteroatoms. The van der Waals surface area contributed by atoms with Crippen molar-refractivity contribution in [1.82, 2.24) is 14.4 Å². The molecular weight excluding hydrogens is 1110 g/mol. The number of carbonyl (C=O) groups excluding carboxylic acids is 2. The largest absolute Gasteiger partial charge is 0.340 e. The maximum Gasteiger partial charge on any atom is 0.261 e. The molecule has 0 saturated heterocycles. The fourth-order valence-electron chi connectivity index (χ4n) is 13.2. The number of thiophene rings is 2. The molecule has 2 aromatic carbocycles. The van der Waals surface area contributed by atoms with Crippen LogP contribution in [0.25, 0.3) is 50.4 Å². The number of nitrogens with zero attached hydrogens (tertiary/aromatic N) is 5. The lowest BCUT2D eigenvalue weighted by Crippen LogP contribution is -2.34. The summed E-state index contributed by atoms with van der Waals surface area (Å²) in [5.74, 6) is 0.457. The van der Waals surface area contributed by atoms with Crippen molar-refractivity contribution in [1.29, 1.82) is 10.5 Å². The number of allylic oxidation sites excluding steroid dienone is 2. The highest BCUT2D eigenvalue weighted by Crippen LogP contribution is 2.50. The van der Waals surface area contributed by atoms with E-state index in [1.807, 2.05) is 55.7 Å². The highest BCUT2D eigenvalue weighted by atomic mass is 32.1. The second kappa shape index (κ2) is 33.9. The lowest BCUT2D eigenvalue weighted by atomic mass is 9.93. The molecule has 0 aliphatic carbocycles. The molecule has 2 aliphatic rings. The zero-order chi connectivity index (χ0) is 62.5. The summed E-state index contributed by atoms with van der Waals surface area (Å²) in [6.07, 6.45) is 36.5. The first-order chi connectivity index (χ1) is 42.0. The molecule has 0 saturated carbocycles. The van der Waals surface area contributed by atoms with Crippen molar-refractivity contribution in [3.63, 3.8) is 0 Å². The van der Waals surface area contributed by atoms with Crippen LogP contribution < -0.4 is 11.5 Å². The number of hydrogen-bond acceptors (Lipinski definition) is 8. The third-order valence-electron chi connectivity index (χ3n) is 18.0. The van der Waals surface area contributed by atoms with Crippen molar-refractivity contribution in [2.75, 3.05) is 13.1 Å². The first-order valence-corrected chi connectivity index (χ1v) is 35.9. The standard InChI is InChI=1S/C76H107N7O2S2/c1-10-15-20-25-27-31-36-55(34-29-22-17-12-3)53-82-71(69-70(74(82)85)72(67-44-45-68(87-67)76(8,9)80)83(73(69)84)54-56(35-30-23-18-13-4)37-32-28-26-21-16-11-2)66-43-40-61(86-66)47-59(51-77)57-38-41-62-63-42-39-58(60(52-78)50-75(6,7)79)49-65(63)81(64(62)48-57)46-33-24-19-14-5/h38-45,47-50,55-56H,10-37,46,53-54,79-80H2,1-9H3/b59-47+,60-50+. The average molecular weight is 1210 g/mol. The zero-order valence-electron chi connectivity index (χ0n) is 55.0. The summed E-state index contributed by atoms with van der Waals surface area (Å²) in [6.45, 7) is 21.1. The van der Waals surface area contributed by atoms with Crippen LogP contribution >= 0.6 is 22.7 Å². The predicted octanol–water partition coefficient (Wildman–Crippen LogP) is 20.9. The summed E-state index contributed by atoms with van der Waals surface area (Å²) < 4.78 is 2.37. The molecule has 87 heavy (non-hydrogen) atoms. The summed E-state index contributed by atoms with van der Waals surface area (Å²) in [5, 5.41) is 23.6. The van der Waals surface area contributed by atoms with Gasteiger partial charge in [-0.15, -0.1) is 22.7 Å². The molecule has 7 rings (SSSR count). The van der Waals surface area contributed by atoms with E-state index in [0.717, 1.165) is 147 Å². The molecule has 2 unspecified atom stereocenters. The van der Waals surface area contributed by atoms with E-state index in [4.69, 9.17) is 11.5 Å². The zero-order valence-corrected chi connectivity index (χ0v) is 56.7. The minimum Gasteiger partial charge on any atom is -0.340 e. The van der Waals surface area contributed by atoms with Gasteiger partial charge in [0.2, 0.25) is 0 Å². The molecular formula is C76H107N7O2S2. The van der Waals surface area contributed by atoms with Gasteiger partial charge in [-0.25, -0.2) is 0 Å². The number of unbranched alkanes of at least 4 members (excludes halogenated alkanes) is 19. The molecule has 5 heterocycles. The van der Waals surface area contributed by atoms with Gasteiger partial charge in [0.15, 0.2) is 0 Å². The van der Waals surface area contributed by atoms with Crippen LogP contribution in [0.3, 0.4) is 0 Å². The van der Waals surface area contributed by atoms with Crippen LogP contribution in [-0.4, -0.2) is 44.8 Å². The number of carbonyl (C=O) groups is 2. The van der Waals surface area contributed by atoms with Crippen molar-refractivity contribution in [2.45, 2.75) is 260 Å². The summed E-state index contributed by atoms with van der Waals surface area (Å²) in [5.41, 5.74) is 19.4. The van der Waals surface area contributed by atoms with Crippen LogP contribution in [-0.2, 0) is 21.7 Å². The second-order valence-electron chi connectivity index (χ2n) is 26.7. The lowest BCUT2D eigenvalue weighted by Gasteiger charge is -2.29. The van der Waals surface area contributed by atoms with Gasteiger partial charge in [0, 0.05) is 62.3 Å². The Hall–Kier alpha value is -5.56. The molecule has 5 aromatic rings. The van der Waals surface area contributed by atoms with Crippen LogP contribution in [0, 0.1) is 34.5 Å². The van der Waals surface area contributed by atoms with Gasteiger partial charge in [-0.3, -0.25) is 9.59 Å². The number of fused-ring (bicyclic) bond motifs is 4. The number of nitrogens with two attached hydrogens (primary N) is 2. The minimum atomic E-state index is -0.653. The molecule has 0 bridgehead atoms. The summed E-state index contributed by atoms with van der Waals surface area (Å²) in [4.78, 5) is 39.8. The van der Waals surface area contributed by atoms with Crippen LogP contribution in [0.1, 0.15) is 273 Å². The predicted molar refractivity (Wildman–Crippen MR) is 373 cm³/mol. The van der Waals surface area contributed by atoms with Crippen molar-refractivity contribution >= 4 is 84.9 Å². The SMILES string of the molecule is CCCCCCCCC(CCCCCC)CN1C(=O)C2=C(c3ccc(C(C)(C)N)s3)N(CC(CCCCCC)CCCCCCCC)C(=O)C2=C1c1ccc(/C=C(\C#N)c2ccc3c4ccc(/C(C#N)=C/C(C)(C)N)cc4n(CCCCCC)c3c2)s1. The van der Waals surface area contributed by atoms with Gasteiger partial charge < -0.3 is 25.8 Å². The van der Waals surface area contributed by atoms with Crippen molar-refractivity contribution in [2.24, 2.45) is 23.3 Å². The number of nitriles is 2. The highest BCUT2D eigenvalue weighted by molar-refractivity contribution is 7.14. The minimum absolute atomic E-state index is 0.0680. The summed E-state index contributed by atoms with van der Waals surface area (Å²) >= 11 is 3.18. The van der Waals surface area contributed by atoms with Crippen molar-refractivity contribution in [3.8, 4) is 12.1 Å². The summed E-state index contributed by atoms with van der Waals surface area (Å²) in [6, 6.07) is 26.0. The van der Waals surface area contributed by atoms with Crippen LogP contribution in [0.2, 0.25) is 0 Å². The van der Waals surface area contributed by atoms with Gasteiger partial charge in [-0.2, -0.15) is 10.5 Å². The Morgan fingerprint density at radius 2 is 0.920 bits per heavy atom. The Kier molecular flexibility index (Phi) is 26.8. The Balaban J connectivity index is 1.35. The van der Waals surface area contributed by atoms with Gasteiger partial charge >= 0.3 is 0 Å². The quantitative estimate of drug-likeness (QED) is 0.0295. The average Bonchev–Trinajstić information content (AvgIpc) is 1.59. The lowest BCUT2D eigenvalue weighted by molar-refractivity contribution is -0.124. The number of benzene rings is 2.